The van der Waals surface area contributed by atoms with Gasteiger partial charge in [-0.15, -0.1) is 0 Å². The van der Waals surface area contributed by atoms with E-state index in [2.05, 4.69) is 0 Å². The number of ketones is 1. The van der Waals surface area contributed by atoms with Crippen LogP contribution in [0.25, 0.3) is 0 Å². The van der Waals surface area contributed by atoms with E-state index in [1.807, 2.05) is 0 Å². The minimum Gasteiger partial charge on any atom is -0.390 e. The number of aliphatic hydroxyl groups is 1. The summed E-state index contributed by atoms with van der Waals surface area (Å²) in [4.78, 5) is 25.7. The maximum absolute atomic E-state index is 13.0. The molecule has 0 radical (unpaired) electrons. The Hall–Kier alpha value is -1.88. The van der Waals surface area contributed by atoms with E-state index in [1.165, 1.54) is 29.6 Å². The quantitative estimate of drug-likeness (QED) is 0.629. The molecule has 0 aliphatic carbocycles. The van der Waals surface area contributed by atoms with E-state index in [1.54, 1.807) is 0 Å². The summed E-state index contributed by atoms with van der Waals surface area (Å²) in [5.74, 6) is -1.62. The molecule has 154 valence electrons. The first-order valence-corrected chi connectivity index (χ1v) is 10.5. The number of hydrogen-bond acceptors (Lipinski definition) is 6. The third-order valence-electron chi connectivity index (χ3n) is 5.10. The molecule has 1 aromatic carbocycles. The van der Waals surface area contributed by atoms with Gasteiger partial charge in [0.05, 0.1) is 28.9 Å². The zero-order valence-electron chi connectivity index (χ0n) is 15.5. The fourth-order valence-electron chi connectivity index (χ4n) is 3.64. The number of benzene rings is 1. The normalized spacial score (nSPS) is 21.4. The van der Waals surface area contributed by atoms with Crippen molar-refractivity contribution in [3.63, 3.8) is 0 Å². The predicted molar refractivity (Wildman–Crippen MR) is 98.5 cm³/mol. The van der Waals surface area contributed by atoms with E-state index >= 15 is 0 Å². The molecule has 2 aliphatic rings. The number of fused-ring (bicyclic) bond motifs is 1. The molecule has 28 heavy (non-hydrogen) atoms. The Bertz CT molecular complexity index is 875. The third kappa shape index (κ3) is 3.69. The van der Waals surface area contributed by atoms with Crippen molar-refractivity contribution < 1.29 is 32.2 Å². The summed E-state index contributed by atoms with van der Waals surface area (Å²) in [6, 6.07) is 3.73. The number of methoxy groups -OCH3 is 1. The molecule has 1 fully saturated rings. The van der Waals surface area contributed by atoms with Gasteiger partial charge in [0, 0.05) is 26.2 Å². The molecular weight excluding hydrogens is 391 g/mol. The Labute approximate surface area is 162 Å². The number of anilines is 1. The molecule has 2 aliphatic heterocycles. The number of carbonyl (C=O) groups excluding carboxylic acids is 2. The summed E-state index contributed by atoms with van der Waals surface area (Å²) in [5, 5.41) is 9.37. The molecule has 1 N–H and O–H groups in total. The highest BCUT2D eigenvalue weighted by molar-refractivity contribution is 7.89. The van der Waals surface area contributed by atoms with Crippen LogP contribution >= 0.6 is 0 Å². The van der Waals surface area contributed by atoms with Crippen molar-refractivity contribution in [2.45, 2.75) is 36.3 Å². The molecule has 3 rings (SSSR count). The Morgan fingerprint density at radius 1 is 1.36 bits per heavy atom. The summed E-state index contributed by atoms with van der Waals surface area (Å²) < 4.78 is 45.0. The van der Waals surface area contributed by atoms with Crippen molar-refractivity contribution in [1.82, 2.24) is 4.31 Å². The zero-order valence-corrected chi connectivity index (χ0v) is 16.3. The molecule has 2 heterocycles. The van der Waals surface area contributed by atoms with E-state index in [9.17, 15) is 27.5 Å². The van der Waals surface area contributed by atoms with Crippen molar-refractivity contribution in [3.8, 4) is 0 Å². The van der Waals surface area contributed by atoms with Crippen LogP contribution in [0.3, 0.4) is 0 Å². The molecule has 0 unspecified atom stereocenters. The summed E-state index contributed by atoms with van der Waals surface area (Å²) >= 11 is 0. The fraction of sp³-hybridized carbons (Fsp3) is 0.556. The van der Waals surface area contributed by atoms with Gasteiger partial charge in [-0.3, -0.25) is 9.59 Å². The molecule has 0 saturated carbocycles. The van der Waals surface area contributed by atoms with Crippen molar-refractivity contribution in [2.24, 2.45) is 0 Å². The number of aliphatic hydroxyl groups excluding tert-OH is 1. The standard InChI is InChI=1S/C18H23FN2O6S/c1-27-11-12-3-2-7-21(12)28(25,26)14-4-5-16-15(9-14)17(23)18(24)20(16)8-6-13(22)10-19/h4-5,9,12-13,22H,2-3,6-8,10-11H2,1H3/t12-,13-/m0/s1. The molecule has 8 nitrogen and oxygen atoms in total. The van der Waals surface area contributed by atoms with Crippen LogP contribution < -0.4 is 4.90 Å². The lowest BCUT2D eigenvalue weighted by molar-refractivity contribution is -0.114. The van der Waals surface area contributed by atoms with Crippen molar-refractivity contribution in [1.29, 1.82) is 0 Å². The first-order valence-electron chi connectivity index (χ1n) is 9.06. The molecule has 2 atom stereocenters. The summed E-state index contributed by atoms with van der Waals surface area (Å²) in [7, 11) is -2.33. The molecule has 1 saturated heterocycles. The summed E-state index contributed by atoms with van der Waals surface area (Å²) in [6.07, 6.45) is 0.168. The van der Waals surface area contributed by atoms with Crippen LogP contribution in [-0.2, 0) is 19.6 Å². The Morgan fingerprint density at radius 2 is 2.11 bits per heavy atom. The smallest absolute Gasteiger partial charge is 0.299 e. The van der Waals surface area contributed by atoms with Crippen LogP contribution in [0, 0.1) is 0 Å². The van der Waals surface area contributed by atoms with Crippen LogP contribution in [0.4, 0.5) is 10.1 Å². The van der Waals surface area contributed by atoms with Gasteiger partial charge in [-0.1, -0.05) is 0 Å². The largest absolute Gasteiger partial charge is 0.390 e. The highest BCUT2D eigenvalue weighted by atomic mass is 32.2. The topological polar surface area (TPSA) is 104 Å². The van der Waals surface area contributed by atoms with Gasteiger partial charge in [-0.25, -0.2) is 12.8 Å². The van der Waals surface area contributed by atoms with Gasteiger partial charge in [0.1, 0.15) is 6.67 Å². The molecule has 0 spiro atoms. The number of nitrogens with zero attached hydrogens (tertiary/aromatic N) is 2. The Morgan fingerprint density at radius 3 is 2.79 bits per heavy atom. The maximum Gasteiger partial charge on any atom is 0.299 e. The van der Waals surface area contributed by atoms with Gasteiger partial charge in [0.25, 0.3) is 11.7 Å². The van der Waals surface area contributed by atoms with Gasteiger partial charge >= 0.3 is 0 Å². The van der Waals surface area contributed by atoms with E-state index in [-0.39, 0.29) is 41.8 Å². The second-order valence-electron chi connectivity index (χ2n) is 6.93. The number of sulfonamides is 1. The summed E-state index contributed by atoms with van der Waals surface area (Å²) in [5.41, 5.74) is 0.276. The fourth-order valence-corrected chi connectivity index (χ4v) is 5.34. The van der Waals surface area contributed by atoms with E-state index in [4.69, 9.17) is 4.74 Å². The minimum absolute atomic E-state index is 0.00306. The number of hydrogen-bond donors (Lipinski definition) is 1. The second-order valence-corrected chi connectivity index (χ2v) is 8.82. The second kappa shape index (κ2) is 8.24. The van der Waals surface area contributed by atoms with Crippen molar-refractivity contribution in [2.75, 3.05) is 38.4 Å². The SMILES string of the molecule is COC[C@@H]1CCCN1S(=O)(=O)c1ccc2c(c1)C(=O)C(=O)N2CC[C@H](O)CF. The van der Waals surface area contributed by atoms with Crippen LogP contribution in [0.1, 0.15) is 29.6 Å². The monoisotopic (exact) mass is 414 g/mol. The van der Waals surface area contributed by atoms with Crippen LogP contribution in [0.2, 0.25) is 0 Å². The average molecular weight is 414 g/mol. The average Bonchev–Trinajstić information content (AvgIpc) is 3.24. The molecule has 0 aromatic heterocycles. The Balaban J connectivity index is 1.89. The molecule has 0 bridgehead atoms. The van der Waals surface area contributed by atoms with E-state index in [0.29, 0.717) is 13.0 Å². The van der Waals surface area contributed by atoms with Crippen molar-refractivity contribution in [3.05, 3.63) is 23.8 Å². The number of alkyl halides is 1. The number of carbonyl (C=O) groups is 2. The lowest BCUT2D eigenvalue weighted by Gasteiger charge is -2.24. The zero-order chi connectivity index (χ0) is 20.5. The van der Waals surface area contributed by atoms with Gasteiger partial charge in [-0.2, -0.15) is 4.31 Å². The predicted octanol–water partition coefficient (Wildman–Crippen LogP) is 0.736. The lowest BCUT2D eigenvalue weighted by atomic mass is 10.1. The van der Waals surface area contributed by atoms with Gasteiger partial charge in [0.2, 0.25) is 10.0 Å². The van der Waals surface area contributed by atoms with Gasteiger partial charge in [-0.05, 0) is 37.5 Å². The summed E-state index contributed by atoms with van der Waals surface area (Å²) in [6.45, 7) is -0.324. The van der Waals surface area contributed by atoms with Gasteiger partial charge < -0.3 is 14.7 Å². The van der Waals surface area contributed by atoms with E-state index in [0.717, 1.165) is 11.3 Å². The maximum atomic E-state index is 13.0. The lowest BCUT2D eigenvalue weighted by Crippen LogP contribution is -2.38. The first kappa shape index (κ1) is 20.8. The third-order valence-corrected chi connectivity index (χ3v) is 7.04. The Kier molecular flexibility index (Phi) is 6.13. The minimum atomic E-state index is -3.84. The molecule has 10 heteroatoms. The number of rotatable bonds is 8. The van der Waals surface area contributed by atoms with E-state index < -0.39 is 34.5 Å². The highest BCUT2D eigenvalue weighted by Crippen LogP contribution is 2.33. The number of ether oxygens (including phenoxy) is 1. The number of halogens is 1. The van der Waals surface area contributed by atoms with Crippen molar-refractivity contribution >= 4 is 27.4 Å². The first-order chi connectivity index (χ1) is 13.3. The van der Waals surface area contributed by atoms with Gasteiger partial charge in [0.15, 0.2) is 0 Å². The van der Waals surface area contributed by atoms with Crippen LogP contribution in [0.15, 0.2) is 23.1 Å². The molecular formula is C18H23FN2O6S. The molecule has 1 aromatic rings. The highest BCUT2D eigenvalue weighted by Gasteiger charge is 2.39. The van der Waals surface area contributed by atoms with Crippen LogP contribution in [0.5, 0.6) is 0 Å². The molecule has 1 amide bonds. The number of amides is 1. The van der Waals surface area contributed by atoms with Crippen LogP contribution in [-0.4, -0.2) is 75.1 Å². The number of Topliss-reactive ketones (excluding diaryl/α,β-unsaturated/α-hetero) is 1.